The number of rotatable bonds is 6. The number of halogens is 1. The fourth-order valence-electron chi connectivity index (χ4n) is 5.21. The molecule has 1 aromatic heterocycles. The van der Waals surface area contributed by atoms with Gasteiger partial charge in [0.1, 0.15) is 5.75 Å². The monoisotopic (exact) mass is 400 g/mol. The fourth-order valence-corrected chi connectivity index (χ4v) is 5.21. The average molecular weight is 400 g/mol. The maximum atomic E-state index is 13.5. The molecule has 0 spiro atoms. The van der Waals surface area contributed by atoms with E-state index in [1.165, 1.54) is 6.07 Å². The number of hydrogen-bond acceptors (Lipinski definition) is 5. The number of aromatic hydroxyl groups is 1. The number of ether oxygens (including phenoxy) is 1. The van der Waals surface area contributed by atoms with Crippen molar-refractivity contribution in [2.45, 2.75) is 37.7 Å². The van der Waals surface area contributed by atoms with Crippen LogP contribution in [0.1, 0.15) is 36.9 Å². The molecule has 156 valence electrons. The lowest BCUT2D eigenvalue weighted by molar-refractivity contribution is 0.0352. The van der Waals surface area contributed by atoms with Crippen molar-refractivity contribution in [3.05, 3.63) is 53.6 Å². The van der Waals surface area contributed by atoms with E-state index >= 15 is 0 Å². The zero-order chi connectivity index (χ0) is 20.6. The van der Waals surface area contributed by atoms with Crippen molar-refractivity contribution in [2.75, 3.05) is 26.7 Å². The summed E-state index contributed by atoms with van der Waals surface area (Å²) in [6.07, 6.45) is 2.28. The highest BCUT2D eigenvalue weighted by Crippen LogP contribution is 2.45. The summed E-state index contributed by atoms with van der Waals surface area (Å²) in [6.45, 7) is 4.75. The average Bonchev–Trinajstić information content (AvgIpc) is 3.17. The minimum atomic E-state index is -0.810. The molecule has 4 atom stereocenters. The van der Waals surface area contributed by atoms with Crippen molar-refractivity contribution in [1.29, 1.82) is 0 Å². The quantitative estimate of drug-likeness (QED) is 0.728. The van der Waals surface area contributed by atoms with E-state index in [1.807, 2.05) is 31.2 Å². The van der Waals surface area contributed by atoms with E-state index in [-0.39, 0.29) is 5.92 Å². The van der Waals surface area contributed by atoms with Crippen LogP contribution in [0.5, 0.6) is 11.5 Å². The number of methoxy groups -OCH3 is 1. The van der Waals surface area contributed by atoms with E-state index in [9.17, 15) is 14.6 Å². The van der Waals surface area contributed by atoms with Gasteiger partial charge in [0.05, 0.1) is 12.7 Å². The summed E-state index contributed by atoms with van der Waals surface area (Å²) in [5, 5.41) is 20.5. The first-order valence-corrected chi connectivity index (χ1v) is 10.3. The Balaban J connectivity index is 1.34. The highest BCUT2D eigenvalue weighted by Gasteiger charge is 2.48. The SMILES string of the molecule is COc1cccc(CC2(O)C[C@H]3CN(CC(C)c4ccc(O)c(F)n4)C[C@H]3C2)c1. The van der Waals surface area contributed by atoms with Gasteiger partial charge in [-0.3, -0.25) is 0 Å². The number of aromatic nitrogens is 1. The van der Waals surface area contributed by atoms with Crippen LogP contribution in [0.25, 0.3) is 0 Å². The number of likely N-dealkylation sites (tertiary alicyclic amines) is 1. The molecular formula is C23H29FN2O3. The van der Waals surface area contributed by atoms with E-state index in [4.69, 9.17) is 4.74 Å². The molecule has 2 unspecified atom stereocenters. The second-order valence-electron chi connectivity index (χ2n) is 8.85. The maximum Gasteiger partial charge on any atom is 0.255 e. The Kier molecular flexibility index (Phi) is 5.49. The van der Waals surface area contributed by atoms with Gasteiger partial charge < -0.3 is 19.8 Å². The van der Waals surface area contributed by atoms with Crippen LogP contribution in [0.2, 0.25) is 0 Å². The predicted octanol–water partition coefficient (Wildman–Crippen LogP) is 3.35. The molecule has 2 aromatic rings. The van der Waals surface area contributed by atoms with Crippen LogP contribution in [0.15, 0.2) is 36.4 Å². The van der Waals surface area contributed by atoms with Crippen LogP contribution in [0.4, 0.5) is 4.39 Å². The number of benzene rings is 1. The maximum absolute atomic E-state index is 13.5. The third-order valence-electron chi connectivity index (χ3n) is 6.49. The van der Waals surface area contributed by atoms with E-state index < -0.39 is 17.3 Å². The molecule has 2 aliphatic rings. The van der Waals surface area contributed by atoms with Crippen molar-refractivity contribution < 1.29 is 19.3 Å². The van der Waals surface area contributed by atoms with Crippen molar-refractivity contribution >= 4 is 0 Å². The van der Waals surface area contributed by atoms with Crippen LogP contribution in [-0.4, -0.2) is 52.4 Å². The first kappa shape index (κ1) is 20.1. The van der Waals surface area contributed by atoms with Crippen molar-refractivity contribution in [3.63, 3.8) is 0 Å². The molecular weight excluding hydrogens is 371 g/mol. The molecule has 6 heteroatoms. The Labute approximate surface area is 171 Å². The summed E-state index contributed by atoms with van der Waals surface area (Å²) in [5.74, 6) is 0.662. The van der Waals surface area contributed by atoms with Gasteiger partial charge in [-0.1, -0.05) is 19.1 Å². The molecule has 29 heavy (non-hydrogen) atoms. The van der Waals surface area contributed by atoms with E-state index in [0.717, 1.165) is 43.8 Å². The van der Waals surface area contributed by atoms with E-state index in [1.54, 1.807) is 13.2 Å². The van der Waals surface area contributed by atoms with Crippen LogP contribution in [0, 0.1) is 17.8 Å². The summed E-state index contributed by atoms with van der Waals surface area (Å²) in [5.41, 5.74) is 1.12. The van der Waals surface area contributed by atoms with Crippen LogP contribution >= 0.6 is 0 Å². The van der Waals surface area contributed by atoms with E-state index in [2.05, 4.69) is 9.88 Å². The molecule has 4 rings (SSSR count). The highest BCUT2D eigenvalue weighted by atomic mass is 19.1. The molecule has 1 saturated heterocycles. The second-order valence-corrected chi connectivity index (χ2v) is 8.85. The molecule has 2 heterocycles. The summed E-state index contributed by atoms with van der Waals surface area (Å²) in [4.78, 5) is 6.28. The van der Waals surface area contributed by atoms with Gasteiger partial charge in [0.25, 0.3) is 5.95 Å². The van der Waals surface area contributed by atoms with Crippen molar-refractivity contribution in [3.8, 4) is 11.5 Å². The second kappa shape index (κ2) is 7.92. The molecule has 1 aliphatic heterocycles. The smallest absolute Gasteiger partial charge is 0.255 e. The Hall–Kier alpha value is -2.18. The van der Waals surface area contributed by atoms with Gasteiger partial charge in [-0.25, -0.2) is 4.98 Å². The Bertz CT molecular complexity index is 861. The third kappa shape index (κ3) is 4.38. The lowest BCUT2D eigenvalue weighted by Gasteiger charge is -2.27. The lowest BCUT2D eigenvalue weighted by atomic mass is 9.91. The van der Waals surface area contributed by atoms with Crippen LogP contribution < -0.4 is 4.74 Å². The molecule has 2 N–H and O–H groups in total. The predicted molar refractivity (Wildman–Crippen MR) is 109 cm³/mol. The number of fused-ring (bicyclic) bond motifs is 1. The molecule has 5 nitrogen and oxygen atoms in total. The van der Waals surface area contributed by atoms with Crippen molar-refractivity contribution in [2.24, 2.45) is 11.8 Å². The molecule has 0 bridgehead atoms. The fraction of sp³-hybridized carbons (Fsp3) is 0.522. The summed E-state index contributed by atoms with van der Waals surface area (Å²) >= 11 is 0. The summed E-state index contributed by atoms with van der Waals surface area (Å²) in [7, 11) is 1.66. The lowest BCUT2D eigenvalue weighted by Crippen LogP contribution is -2.33. The van der Waals surface area contributed by atoms with Gasteiger partial charge in [-0.15, -0.1) is 0 Å². The number of aliphatic hydroxyl groups is 1. The topological polar surface area (TPSA) is 65.8 Å². The Morgan fingerprint density at radius 2 is 1.97 bits per heavy atom. The molecule has 1 saturated carbocycles. The van der Waals surface area contributed by atoms with Gasteiger partial charge in [0, 0.05) is 37.7 Å². The molecule has 2 fully saturated rings. The molecule has 1 aromatic carbocycles. The summed E-state index contributed by atoms with van der Waals surface area (Å²) in [6, 6.07) is 11.0. The Morgan fingerprint density at radius 1 is 1.24 bits per heavy atom. The Morgan fingerprint density at radius 3 is 2.62 bits per heavy atom. The van der Waals surface area contributed by atoms with Gasteiger partial charge in [-0.2, -0.15) is 4.39 Å². The van der Waals surface area contributed by atoms with Crippen LogP contribution in [-0.2, 0) is 6.42 Å². The van der Waals surface area contributed by atoms with E-state index in [0.29, 0.717) is 24.0 Å². The standard InChI is InChI=1S/C23H29FN2O3/c1-15(20-6-7-21(27)22(24)25-20)12-26-13-17-10-23(28,11-18(17)14-26)9-16-4-3-5-19(8-16)29-2/h3-8,15,17-18,27-28H,9-14H2,1-2H3/t15?,17-,18+,23?. The minimum absolute atomic E-state index is 0.0830. The largest absolute Gasteiger partial charge is 0.504 e. The molecule has 1 aliphatic carbocycles. The van der Waals surface area contributed by atoms with Gasteiger partial charge in [-0.05, 0) is 54.5 Å². The number of pyridine rings is 1. The number of hydrogen-bond donors (Lipinski definition) is 2. The minimum Gasteiger partial charge on any atom is -0.504 e. The zero-order valence-electron chi connectivity index (χ0n) is 17.0. The third-order valence-corrected chi connectivity index (χ3v) is 6.49. The number of nitrogens with zero attached hydrogens (tertiary/aromatic N) is 2. The van der Waals surface area contributed by atoms with Gasteiger partial charge in [0.15, 0.2) is 5.75 Å². The van der Waals surface area contributed by atoms with Gasteiger partial charge in [0.2, 0.25) is 0 Å². The van der Waals surface area contributed by atoms with Gasteiger partial charge >= 0.3 is 0 Å². The zero-order valence-corrected chi connectivity index (χ0v) is 17.0. The molecule has 0 amide bonds. The first-order chi connectivity index (χ1) is 13.8. The van der Waals surface area contributed by atoms with Crippen molar-refractivity contribution in [1.82, 2.24) is 9.88 Å². The first-order valence-electron chi connectivity index (χ1n) is 10.3. The normalized spacial score (nSPS) is 27.7. The van der Waals surface area contributed by atoms with Crippen LogP contribution in [0.3, 0.4) is 0 Å². The highest BCUT2D eigenvalue weighted by molar-refractivity contribution is 5.30. The summed E-state index contributed by atoms with van der Waals surface area (Å²) < 4.78 is 18.8. The molecule has 0 radical (unpaired) electrons.